The van der Waals surface area contributed by atoms with Gasteiger partial charge in [0.1, 0.15) is 12.6 Å². The third kappa shape index (κ3) is 5.65. The van der Waals surface area contributed by atoms with Crippen LogP contribution in [0.4, 0.5) is 4.79 Å². The first-order valence-corrected chi connectivity index (χ1v) is 12.1. The Hall–Kier alpha value is -3.39. The number of benzene rings is 2. The zero-order valence-corrected chi connectivity index (χ0v) is 20.0. The van der Waals surface area contributed by atoms with Gasteiger partial charge in [-0.2, -0.15) is 0 Å². The number of fused-ring (bicyclic) bond motifs is 3. The molecule has 3 N–H and O–H groups in total. The summed E-state index contributed by atoms with van der Waals surface area (Å²) in [6.45, 7) is 4.62. The number of carbonyl (C=O) groups excluding carboxylic acids is 2. The van der Waals surface area contributed by atoms with E-state index in [1.807, 2.05) is 50.2 Å². The number of rotatable bonds is 9. The van der Waals surface area contributed by atoms with Crippen LogP contribution in [0.3, 0.4) is 0 Å². The minimum atomic E-state index is -1.03. The minimum absolute atomic E-state index is 0.0687. The van der Waals surface area contributed by atoms with Crippen molar-refractivity contribution in [3.63, 3.8) is 0 Å². The lowest BCUT2D eigenvalue weighted by molar-refractivity contribution is -0.149. The Morgan fingerprint density at radius 1 is 1.06 bits per heavy atom. The van der Waals surface area contributed by atoms with E-state index < -0.39 is 24.2 Å². The van der Waals surface area contributed by atoms with Crippen molar-refractivity contribution in [3.8, 4) is 11.1 Å². The summed E-state index contributed by atoms with van der Waals surface area (Å²) in [5.41, 5.74) is 4.52. The van der Waals surface area contributed by atoms with Gasteiger partial charge in [-0.1, -0.05) is 62.4 Å². The molecule has 1 saturated heterocycles. The normalized spacial score (nSPS) is 19.6. The summed E-state index contributed by atoms with van der Waals surface area (Å²) >= 11 is 0. The molecule has 8 nitrogen and oxygen atoms in total. The average molecular weight is 481 g/mol. The lowest BCUT2D eigenvalue weighted by Gasteiger charge is -2.22. The number of hydrogen-bond acceptors (Lipinski definition) is 5. The molecule has 1 aliphatic heterocycles. The molecule has 1 aliphatic carbocycles. The number of carbonyl (C=O) groups is 3. The number of carboxylic acid groups (broad SMARTS) is 1. The van der Waals surface area contributed by atoms with E-state index in [1.54, 1.807) is 0 Å². The molecule has 35 heavy (non-hydrogen) atoms. The molecule has 2 aromatic rings. The number of ether oxygens (including phenoxy) is 2. The van der Waals surface area contributed by atoms with Gasteiger partial charge in [0.15, 0.2) is 6.10 Å². The van der Waals surface area contributed by atoms with Crippen molar-refractivity contribution in [2.24, 2.45) is 11.8 Å². The smallest absolute Gasteiger partial charge is 0.407 e. The summed E-state index contributed by atoms with van der Waals surface area (Å²) < 4.78 is 10.8. The molecular formula is C27H32N2O6. The second-order valence-corrected chi connectivity index (χ2v) is 9.58. The molecule has 4 rings (SSSR count). The molecule has 0 saturated carbocycles. The van der Waals surface area contributed by atoms with E-state index in [0.717, 1.165) is 22.3 Å². The maximum absolute atomic E-state index is 12.9. The highest BCUT2D eigenvalue weighted by Gasteiger charge is 2.35. The van der Waals surface area contributed by atoms with Crippen molar-refractivity contribution < 1.29 is 29.0 Å². The zero-order chi connectivity index (χ0) is 24.9. The Kier molecular flexibility index (Phi) is 7.70. The molecule has 0 radical (unpaired) electrons. The molecule has 8 heteroatoms. The molecule has 186 valence electrons. The van der Waals surface area contributed by atoms with Crippen LogP contribution in [0.2, 0.25) is 0 Å². The molecule has 0 bridgehead atoms. The summed E-state index contributed by atoms with van der Waals surface area (Å²) in [6.07, 6.45) is -0.583. The summed E-state index contributed by atoms with van der Waals surface area (Å²) in [5.74, 6) is -1.60. The predicted molar refractivity (Wildman–Crippen MR) is 130 cm³/mol. The maximum Gasteiger partial charge on any atom is 0.407 e. The van der Waals surface area contributed by atoms with E-state index in [9.17, 15) is 19.5 Å². The second kappa shape index (κ2) is 10.9. The molecule has 2 amide bonds. The Bertz CT molecular complexity index is 1040. The Balaban J connectivity index is 1.36. The van der Waals surface area contributed by atoms with Crippen LogP contribution in [0.1, 0.15) is 43.7 Å². The first-order valence-electron chi connectivity index (χ1n) is 12.1. The van der Waals surface area contributed by atoms with Crippen LogP contribution in [-0.4, -0.2) is 55.0 Å². The van der Waals surface area contributed by atoms with Crippen molar-refractivity contribution in [2.75, 3.05) is 19.8 Å². The van der Waals surface area contributed by atoms with Crippen molar-refractivity contribution in [3.05, 3.63) is 59.7 Å². The van der Waals surface area contributed by atoms with E-state index in [2.05, 4.69) is 22.8 Å². The lowest BCUT2D eigenvalue weighted by Crippen LogP contribution is -2.49. The Labute approximate surface area is 205 Å². The van der Waals surface area contributed by atoms with Crippen molar-refractivity contribution >= 4 is 18.0 Å². The fourth-order valence-corrected chi connectivity index (χ4v) is 4.96. The summed E-state index contributed by atoms with van der Waals surface area (Å²) in [4.78, 5) is 36.9. The Morgan fingerprint density at radius 2 is 1.69 bits per heavy atom. The van der Waals surface area contributed by atoms with Crippen LogP contribution in [-0.2, 0) is 19.1 Å². The number of carboxylic acids is 1. The first kappa shape index (κ1) is 24.7. The van der Waals surface area contributed by atoms with E-state index in [1.165, 1.54) is 0 Å². The van der Waals surface area contributed by atoms with Gasteiger partial charge in [0.2, 0.25) is 5.91 Å². The van der Waals surface area contributed by atoms with Crippen LogP contribution in [0.5, 0.6) is 0 Å². The van der Waals surface area contributed by atoms with Gasteiger partial charge in [0.25, 0.3) is 0 Å². The van der Waals surface area contributed by atoms with Crippen molar-refractivity contribution in [1.29, 1.82) is 0 Å². The van der Waals surface area contributed by atoms with Gasteiger partial charge >= 0.3 is 12.1 Å². The topological polar surface area (TPSA) is 114 Å². The highest BCUT2D eigenvalue weighted by atomic mass is 16.5. The van der Waals surface area contributed by atoms with Crippen LogP contribution < -0.4 is 10.6 Å². The highest BCUT2D eigenvalue weighted by molar-refractivity contribution is 5.86. The van der Waals surface area contributed by atoms with E-state index in [-0.39, 0.29) is 36.8 Å². The van der Waals surface area contributed by atoms with Gasteiger partial charge in [0, 0.05) is 25.0 Å². The van der Waals surface area contributed by atoms with E-state index in [0.29, 0.717) is 19.4 Å². The molecule has 3 atom stereocenters. The molecule has 1 fully saturated rings. The fourth-order valence-electron chi connectivity index (χ4n) is 4.96. The molecule has 2 unspecified atom stereocenters. The largest absolute Gasteiger partial charge is 0.479 e. The SMILES string of the molecule is CC(C)C[C@@H](NC(=O)OCC1c2ccccc2-c2ccccc21)C(=O)NCC1CCOC1C(=O)O. The van der Waals surface area contributed by atoms with Crippen LogP contribution >= 0.6 is 0 Å². The fraction of sp³-hybridized carbons (Fsp3) is 0.444. The number of nitrogens with one attached hydrogen (secondary N) is 2. The third-order valence-electron chi connectivity index (χ3n) is 6.66. The Morgan fingerprint density at radius 3 is 2.29 bits per heavy atom. The quantitative estimate of drug-likeness (QED) is 0.506. The molecule has 0 aromatic heterocycles. The number of amides is 2. The zero-order valence-electron chi connectivity index (χ0n) is 20.0. The van der Waals surface area contributed by atoms with Gasteiger partial charge in [0.05, 0.1) is 0 Å². The highest BCUT2D eigenvalue weighted by Crippen LogP contribution is 2.44. The molecule has 2 aromatic carbocycles. The molecule has 0 spiro atoms. The van der Waals surface area contributed by atoms with Crippen LogP contribution in [0.25, 0.3) is 11.1 Å². The maximum atomic E-state index is 12.9. The predicted octanol–water partition coefficient (Wildman–Crippen LogP) is 3.55. The third-order valence-corrected chi connectivity index (χ3v) is 6.66. The van der Waals surface area contributed by atoms with Gasteiger partial charge in [-0.25, -0.2) is 9.59 Å². The molecule has 2 aliphatic rings. The second-order valence-electron chi connectivity index (χ2n) is 9.58. The number of aliphatic carboxylic acids is 1. The average Bonchev–Trinajstić information content (AvgIpc) is 3.43. The molecular weight excluding hydrogens is 448 g/mol. The summed E-state index contributed by atoms with van der Waals surface area (Å²) in [5, 5.41) is 14.8. The van der Waals surface area contributed by atoms with Crippen LogP contribution in [0, 0.1) is 11.8 Å². The van der Waals surface area contributed by atoms with Crippen molar-refractivity contribution in [1.82, 2.24) is 10.6 Å². The van der Waals surface area contributed by atoms with E-state index in [4.69, 9.17) is 9.47 Å². The van der Waals surface area contributed by atoms with Gasteiger partial charge in [-0.3, -0.25) is 4.79 Å². The van der Waals surface area contributed by atoms with Gasteiger partial charge in [-0.15, -0.1) is 0 Å². The van der Waals surface area contributed by atoms with Crippen molar-refractivity contribution in [2.45, 2.75) is 44.8 Å². The van der Waals surface area contributed by atoms with Gasteiger partial charge in [-0.05, 0) is 41.0 Å². The van der Waals surface area contributed by atoms with E-state index >= 15 is 0 Å². The lowest BCUT2D eigenvalue weighted by atomic mass is 9.98. The molecule has 1 heterocycles. The summed E-state index contributed by atoms with van der Waals surface area (Å²) in [7, 11) is 0. The first-order chi connectivity index (χ1) is 16.8. The van der Waals surface area contributed by atoms with Gasteiger partial charge < -0.3 is 25.2 Å². The monoisotopic (exact) mass is 480 g/mol. The van der Waals surface area contributed by atoms with Crippen LogP contribution in [0.15, 0.2) is 48.5 Å². The number of hydrogen-bond donors (Lipinski definition) is 3. The number of alkyl carbamates (subject to hydrolysis) is 1. The minimum Gasteiger partial charge on any atom is -0.479 e. The standard InChI is InChI=1S/C27H32N2O6/c1-16(2)13-23(25(30)28-14-17-11-12-34-24(17)26(31)32)29-27(33)35-15-22-20-9-5-3-7-18(20)19-8-4-6-10-21(19)22/h3-10,16-17,22-24H,11-15H2,1-2H3,(H,28,30)(H,29,33)(H,31,32)/t17?,23-,24?/m1/s1. The summed E-state index contributed by atoms with van der Waals surface area (Å²) in [6, 6.07) is 15.4.